The van der Waals surface area contributed by atoms with Gasteiger partial charge in [-0.05, 0) is 71.4 Å². The van der Waals surface area contributed by atoms with Gasteiger partial charge in [0.25, 0.3) is 0 Å². The number of carbonyl (C=O) groups is 1. The molecule has 0 N–H and O–H groups in total. The van der Waals surface area contributed by atoms with Crippen LogP contribution in [0.3, 0.4) is 0 Å². The van der Waals surface area contributed by atoms with Gasteiger partial charge in [-0.2, -0.15) is 0 Å². The molecule has 2 atom stereocenters. The number of hydrogen-bond acceptors (Lipinski definition) is 3. The minimum atomic E-state index is -0.391. The van der Waals surface area contributed by atoms with Crippen molar-refractivity contribution in [3.05, 3.63) is 0 Å². The van der Waals surface area contributed by atoms with Gasteiger partial charge in [-0.25, -0.2) is 4.79 Å². The monoisotopic (exact) mass is 296 g/mol. The number of piperidine rings is 1. The summed E-state index contributed by atoms with van der Waals surface area (Å²) in [6.45, 7) is 13.5. The van der Waals surface area contributed by atoms with Crippen molar-refractivity contribution in [2.45, 2.75) is 59.0 Å². The van der Waals surface area contributed by atoms with Gasteiger partial charge in [0.05, 0.1) is 0 Å². The van der Waals surface area contributed by atoms with Crippen LogP contribution in [0.15, 0.2) is 0 Å². The third-order valence-electron chi connectivity index (χ3n) is 4.62. The maximum Gasteiger partial charge on any atom is 0.410 e. The first-order valence-corrected chi connectivity index (χ1v) is 8.59. The zero-order chi connectivity index (χ0) is 15.5. The number of hydrogen-bond donors (Lipinski definition) is 0. The molecule has 4 heteroatoms. The molecule has 0 aromatic carbocycles. The van der Waals surface area contributed by atoms with Crippen molar-refractivity contribution in [1.82, 2.24) is 9.80 Å². The summed E-state index contributed by atoms with van der Waals surface area (Å²) in [5.41, 5.74) is -0.391. The van der Waals surface area contributed by atoms with Crippen LogP contribution < -0.4 is 0 Å². The van der Waals surface area contributed by atoms with Crippen molar-refractivity contribution in [1.29, 1.82) is 0 Å². The van der Waals surface area contributed by atoms with E-state index in [9.17, 15) is 4.79 Å². The van der Waals surface area contributed by atoms with Crippen molar-refractivity contribution in [2.75, 3.05) is 32.7 Å². The fourth-order valence-corrected chi connectivity index (χ4v) is 3.66. The Morgan fingerprint density at radius 3 is 2.52 bits per heavy atom. The lowest BCUT2D eigenvalue weighted by Gasteiger charge is -2.35. The average molecular weight is 296 g/mol. The lowest BCUT2D eigenvalue weighted by Crippen LogP contribution is -2.40. The van der Waals surface area contributed by atoms with Crippen LogP contribution in [0.1, 0.15) is 53.4 Å². The van der Waals surface area contributed by atoms with Gasteiger partial charge in [-0.1, -0.05) is 6.92 Å². The zero-order valence-corrected chi connectivity index (χ0v) is 14.2. The Hall–Kier alpha value is -0.770. The Morgan fingerprint density at radius 1 is 1.14 bits per heavy atom. The van der Waals surface area contributed by atoms with Gasteiger partial charge < -0.3 is 14.5 Å². The molecule has 21 heavy (non-hydrogen) atoms. The van der Waals surface area contributed by atoms with Gasteiger partial charge in [0.2, 0.25) is 0 Å². The summed E-state index contributed by atoms with van der Waals surface area (Å²) in [6, 6.07) is 0. The fraction of sp³-hybridized carbons (Fsp3) is 0.941. The number of ether oxygens (including phenoxy) is 1. The SMILES string of the molecule is CCCN1CCCC(C2CCN(C(=O)OC(C)(C)C)C2)C1. The Balaban J connectivity index is 1.83. The molecule has 122 valence electrons. The molecule has 2 saturated heterocycles. The number of nitrogens with zero attached hydrogens (tertiary/aromatic N) is 2. The molecule has 0 aromatic heterocycles. The molecule has 4 nitrogen and oxygen atoms in total. The minimum Gasteiger partial charge on any atom is -0.444 e. The van der Waals surface area contributed by atoms with Crippen LogP contribution in [0.25, 0.3) is 0 Å². The molecular formula is C17H32N2O2. The summed E-state index contributed by atoms with van der Waals surface area (Å²) in [4.78, 5) is 16.7. The molecule has 2 aliphatic rings. The lowest BCUT2D eigenvalue weighted by atomic mass is 9.85. The second-order valence-electron chi connectivity index (χ2n) is 7.68. The maximum absolute atomic E-state index is 12.1. The van der Waals surface area contributed by atoms with Crippen molar-refractivity contribution in [3.8, 4) is 0 Å². The summed E-state index contributed by atoms with van der Waals surface area (Å²) < 4.78 is 5.49. The summed E-state index contributed by atoms with van der Waals surface area (Å²) in [5, 5.41) is 0. The molecule has 2 rings (SSSR count). The summed E-state index contributed by atoms with van der Waals surface area (Å²) in [5.74, 6) is 1.43. The minimum absolute atomic E-state index is 0.133. The smallest absolute Gasteiger partial charge is 0.410 e. The number of carbonyl (C=O) groups excluding carboxylic acids is 1. The molecule has 2 unspecified atom stereocenters. The van der Waals surface area contributed by atoms with E-state index in [1.165, 1.54) is 38.9 Å². The van der Waals surface area contributed by atoms with E-state index < -0.39 is 5.60 Å². The Morgan fingerprint density at radius 2 is 1.86 bits per heavy atom. The van der Waals surface area contributed by atoms with Crippen LogP contribution in [0.5, 0.6) is 0 Å². The molecule has 2 heterocycles. The fourth-order valence-electron chi connectivity index (χ4n) is 3.66. The van der Waals surface area contributed by atoms with Gasteiger partial charge in [0, 0.05) is 19.6 Å². The standard InChI is InChI=1S/C17H32N2O2/c1-5-9-18-10-6-7-14(12-18)15-8-11-19(13-15)16(20)21-17(2,3)4/h14-15H,5-13H2,1-4H3. The Bertz CT molecular complexity index is 349. The maximum atomic E-state index is 12.1. The molecule has 1 amide bonds. The molecule has 0 aromatic rings. The number of amides is 1. The Kier molecular flexibility index (Phi) is 5.53. The van der Waals surface area contributed by atoms with E-state index in [0.717, 1.165) is 25.4 Å². The normalized spacial score (nSPS) is 27.9. The quantitative estimate of drug-likeness (QED) is 0.800. The third-order valence-corrected chi connectivity index (χ3v) is 4.62. The van der Waals surface area contributed by atoms with Crippen LogP contribution in [-0.4, -0.2) is 54.2 Å². The molecule has 0 aliphatic carbocycles. The molecule has 2 fully saturated rings. The van der Waals surface area contributed by atoms with Gasteiger partial charge in [-0.3, -0.25) is 0 Å². The highest BCUT2D eigenvalue weighted by Gasteiger charge is 2.35. The number of rotatable bonds is 3. The third kappa shape index (κ3) is 4.87. The van der Waals surface area contributed by atoms with E-state index in [0.29, 0.717) is 5.92 Å². The van der Waals surface area contributed by atoms with Crippen LogP contribution in [0.2, 0.25) is 0 Å². The molecule has 2 aliphatic heterocycles. The van der Waals surface area contributed by atoms with E-state index in [2.05, 4.69) is 11.8 Å². The Labute approximate surface area is 129 Å². The van der Waals surface area contributed by atoms with E-state index in [1.54, 1.807) is 0 Å². The predicted molar refractivity (Wildman–Crippen MR) is 85.4 cm³/mol. The predicted octanol–water partition coefficient (Wildman–Crippen LogP) is 3.37. The van der Waals surface area contributed by atoms with Gasteiger partial charge in [-0.15, -0.1) is 0 Å². The van der Waals surface area contributed by atoms with Crippen LogP contribution in [0, 0.1) is 11.8 Å². The van der Waals surface area contributed by atoms with Gasteiger partial charge >= 0.3 is 6.09 Å². The van der Waals surface area contributed by atoms with Crippen LogP contribution >= 0.6 is 0 Å². The van der Waals surface area contributed by atoms with Crippen molar-refractivity contribution in [2.24, 2.45) is 11.8 Å². The highest BCUT2D eigenvalue weighted by Crippen LogP contribution is 2.31. The van der Waals surface area contributed by atoms with Gasteiger partial charge in [0.15, 0.2) is 0 Å². The molecule has 0 spiro atoms. The molecule has 0 radical (unpaired) electrons. The highest BCUT2D eigenvalue weighted by atomic mass is 16.6. The van der Waals surface area contributed by atoms with Crippen molar-refractivity contribution in [3.63, 3.8) is 0 Å². The van der Waals surface area contributed by atoms with Crippen molar-refractivity contribution >= 4 is 6.09 Å². The zero-order valence-electron chi connectivity index (χ0n) is 14.2. The molecular weight excluding hydrogens is 264 g/mol. The molecule has 0 saturated carbocycles. The summed E-state index contributed by atoms with van der Waals surface area (Å²) in [7, 11) is 0. The highest BCUT2D eigenvalue weighted by molar-refractivity contribution is 5.68. The molecule has 0 bridgehead atoms. The van der Waals surface area contributed by atoms with E-state index in [4.69, 9.17) is 4.74 Å². The summed E-state index contributed by atoms with van der Waals surface area (Å²) >= 11 is 0. The van der Waals surface area contributed by atoms with Crippen molar-refractivity contribution < 1.29 is 9.53 Å². The first-order valence-electron chi connectivity index (χ1n) is 8.59. The topological polar surface area (TPSA) is 32.8 Å². The second kappa shape index (κ2) is 6.99. The first-order chi connectivity index (χ1) is 9.89. The average Bonchev–Trinajstić information content (AvgIpc) is 2.87. The number of likely N-dealkylation sites (tertiary alicyclic amines) is 2. The first kappa shape index (κ1) is 16.6. The second-order valence-corrected chi connectivity index (χ2v) is 7.68. The largest absolute Gasteiger partial charge is 0.444 e. The van der Waals surface area contributed by atoms with E-state index in [-0.39, 0.29) is 6.09 Å². The van der Waals surface area contributed by atoms with Gasteiger partial charge in [0.1, 0.15) is 5.60 Å². The van der Waals surface area contributed by atoms with E-state index >= 15 is 0 Å². The van der Waals surface area contributed by atoms with E-state index in [1.807, 2.05) is 25.7 Å². The van der Waals surface area contributed by atoms with Crippen LogP contribution in [-0.2, 0) is 4.74 Å². The summed E-state index contributed by atoms with van der Waals surface area (Å²) in [6.07, 6.45) is 4.89. The lowest BCUT2D eigenvalue weighted by molar-refractivity contribution is 0.0277. The van der Waals surface area contributed by atoms with Crippen LogP contribution in [0.4, 0.5) is 4.79 Å².